The summed E-state index contributed by atoms with van der Waals surface area (Å²) in [6.07, 6.45) is -0.797. The van der Waals surface area contributed by atoms with Crippen molar-refractivity contribution < 1.29 is 32.2 Å². The van der Waals surface area contributed by atoms with Crippen LogP contribution in [0.4, 0.5) is 15.3 Å². The first-order valence-corrected chi connectivity index (χ1v) is 10.5. The number of benzene rings is 2. The average molecular weight is 420 g/mol. The summed E-state index contributed by atoms with van der Waals surface area (Å²) in [5.41, 5.74) is 0.988. The molecule has 0 aliphatic carbocycles. The lowest BCUT2D eigenvalue weighted by molar-refractivity contribution is 0.0343. The Hall–Kier alpha value is -3.27. The Morgan fingerprint density at radius 3 is 2.45 bits per heavy atom. The molecular formula is C19H20N2O7S. The van der Waals surface area contributed by atoms with Crippen molar-refractivity contribution in [3.63, 3.8) is 0 Å². The third kappa shape index (κ3) is 5.17. The topological polar surface area (TPSA) is 111 Å². The fraction of sp³-hybridized carbons (Fsp3) is 0.263. The first-order chi connectivity index (χ1) is 13.7. The van der Waals surface area contributed by atoms with Crippen LogP contribution in [0.3, 0.4) is 0 Å². The summed E-state index contributed by atoms with van der Waals surface area (Å²) in [5, 5.41) is 1.91. The van der Waals surface area contributed by atoms with Crippen molar-refractivity contribution in [3.05, 3.63) is 54.1 Å². The Morgan fingerprint density at radius 1 is 1.14 bits per heavy atom. The molecule has 1 atom stereocenters. The van der Waals surface area contributed by atoms with Crippen LogP contribution >= 0.6 is 0 Å². The Bertz CT molecular complexity index is 1010. The molecule has 1 aliphatic heterocycles. The monoisotopic (exact) mass is 420 g/mol. The quantitative estimate of drug-likeness (QED) is 0.809. The number of alkyl carbamates (subject to hydrolysis) is 1. The van der Waals surface area contributed by atoms with E-state index in [9.17, 15) is 18.0 Å². The molecular weight excluding hydrogens is 400 g/mol. The van der Waals surface area contributed by atoms with Crippen LogP contribution < -0.4 is 19.1 Å². The summed E-state index contributed by atoms with van der Waals surface area (Å²) in [7, 11) is -3.98. The van der Waals surface area contributed by atoms with Crippen molar-refractivity contribution in [2.75, 3.05) is 23.8 Å². The van der Waals surface area contributed by atoms with E-state index < -0.39 is 28.3 Å². The smallest absolute Gasteiger partial charge is 0.415 e. The number of nitrogens with one attached hydrogen (secondary N) is 1. The van der Waals surface area contributed by atoms with Crippen LogP contribution in [-0.4, -0.2) is 46.1 Å². The van der Waals surface area contributed by atoms with Gasteiger partial charge in [0.05, 0.1) is 11.9 Å². The lowest BCUT2D eigenvalue weighted by Gasteiger charge is -2.26. The van der Waals surface area contributed by atoms with Crippen LogP contribution in [0.15, 0.2) is 48.5 Å². The Morgan fingerprint density at radius 2 is 1.79 bits per heavy atom. The second-order valence-corrected chi connectivity index (χ2v) is 8.22. The summed E-state index contributed by atoms with van der Waals surface area (Å²) in [4.78, 5) is 24.4. The molecule has 154 valence electrons. The van der Waals surface area contributed by atoms with Gasteiger partial charge in [-0.25, -0.2) is 23.3 Å². The fourth-order valence-corrected chi connectivity index (χ4v) is 3.48. The Labute approximate surface area is 168 Å². The first-order valence-electron chi connectivity index (χ1n) is 8.67. The Balaban J connectivity index is 1.59. The van der Waals surface area contributed by atoms with E-state index in [4.69, 9.17) is 14.2 Å². The fourth-order valence-electron chi connectivity index (χ4n) is 2.63. The van der Waals surface area contributed by atoms with Crippen LogP contribution in [0, 0.1) is 6.92 Å². The molecule has 2 aromatic carbocycles. The number of nitrogens with zero attached hydrogens (tertiary/aromatic N) is 1. The van der Waals surface area contributed by atoms with Gasteiger partial charge in [0.2, 0.25) is 10.0 Å². The second-order valence-electron chi connectivity index (χ2n) is 6.39. The van der Waals surface area contributed by atoms with Gasteiger partial charge in [-0.1, -0.05) is 29.8 Å². The highest BCUT2D eigenvalue weighted by Crippen LogP contribution is 2.30. The molecule has 1 N–H and O–H groups in total. The molecule has 0 aromatic heterocycles. The van der Waals surface area contributed by atoms with Gasteiger partial charge >= 0.3 is 12.1 Å². The van der Waals surface area contributed by atoms with Crippen molar-refractivity contribution in [2.45, 2.75) is 13.0 Å². The predicted molar refractivity (Wildman–Crippen MR) is 105 cm³/mol. The van der Waals surface area contributed by atoms with Crippen molar-refractivity contribution in [1.29, 1.82) is 0 Å². The molecule has 0 radical (unpaired) electrons. The van der Waals surface area contributed by atoms with Gasteiger partial charge in [-0.2, -0.15) is 4.31 Å². The van der Waals surface area contributed by atoms with E-state index in [1.807, 2.05) is 12.2 Å². The number of para-hydroxylation sites is 2. The van der Waals surface area contributed by atoms with Crippen LogP contribution in [0.5, 0.6) is 11.5 Å². The normalized spacial score (nSPS) is 15.3. The number of hydrogen-bond donors (Lipinski definition) is 1. The van der Waals surface area contributed by atoms with E-state index in [0.717, 1.165) is 11.8 Å². The number of anilines is 1. The molecule has 0 saturated carbocycles. The summed E-state index contributed by atoms with van der Waals surface area (Å²) in [6.45, 7) is 1.80. The van der Waals surface area contributed by atoms with E-state index in [-0.39, 0.29) is 18.9 Å². The van der Waals surface area contributed by atoms with Gasteiger partial charge in [-0.3, -0.25) is 0 Å². The number of urea groups is 1. The minimum Gasteiger partial charge on any atom is -0.486 e. The van der Waals surface area contributed by atoms with Gasteiger partial charge in [0, 0.05) is 0 Å². The van der Waals surface area contributed by atoms with E-state index in [1.165, 1.54) is 12.1 Å². The second kappa shape index (κ2) is 8.39. The van der Waals surface area contributed by atoms with E-state index in [0.29, 0.717) is 15.8 Å². The van der Waals surface area contributed by atoms with Crippen molar-refractivity contribution >= 4 is 27.8 Å². The Kier molecular flexibility index (Phi) is 5.92. The zero-order valence-corrected chi connectivity index (χ0v) is 16.6. The third-order valence-corrected chi connectivity index (χ3v) is 5.00. The van der Waals surface area contributed by atoms with Gasteiger partial charge in [0.15, 0.2) is 17.6 Å². The number of rotatable bonds is 4. The van der Waals surface area contributed by atoms with Crippen molar-refractivity contribution in [1.82, 2.24) is 5.32 Å². The number of carbonyl (C=O) groups is 2. The molecule has 10 heteroatoms. The first kappa shape index (κ1) is 20.5. The zero-order chi connectivity index (χ0) is 21.0. The van der Waals surface area contributed by atoms with Gasteiger partial charge in [0.1, 0.15) is 13.2 Å². The molecule has 9 nitrogen and oxygen atoms in total. The number of aryl methyl sites for hydroxylation is 1. The van der Waals surface area contributed by atoms with Crippen LogP contribution in [0.2, 0.25) is 0 Å². The van der Waals surface area contributed by atoms with Gasteiger partial charge in [-0.05, 0) is 31.2 Å². The molecule has 29 heavy (non-hydrogen) atoms. The van der Waals surface area contributed by atoms with E-state index in [1.54, 1.807) is 36.4 Å². The number of amides is 3. The van der Waals surface area contributed by atoms with Crippen LogP contribution in [0.1, 0.15) is 5.56 Å². The SMILES string of the molecule is Cc1ccc(N(C(=O)NC(=O)OC[C@H]2COc3ccccc3O2)S(C)(=O)=O)cc1. The van der Waals surface area contributed by atoms with E-state index in [2.05, 4.69) is 0 Å². The van der Waals surface area contributed by atoms with Crippen molar-refractivity contribution in [2.24, 2.45) is 0 Å². The van der Waals surface area contributed by atoms with Gasteiger partial charge in [0.25, 0.3) is 0 Å². The zero-order valence-electron chi connectivity index (χ0n) is 15.8. The largest absolute Gasteiger partial charge is 0.486 e. The third-order valence-electron chi connectivity index (χ3n) is 3.96. The summed E-state index contributed by atoms with van der Waals surface area (Å²) in [5.74, 6) is 1.11. The van der Waals surface area contributed by atoms with Gasteiger partial charge < -0.3 is 14.2 Å². The highest BCUT2D eigenvalue weighted by molar-refractivity contribution is 7.92. The average Bonchev–Trinajstić information content (AvgIpc) is 2.67. The molecule has 3 rings (SSSR count). The van der Waals surface area contributed by atoms with Crippen LogP contribution in [-0.2, 0) is 14.8 Å². The highest BCUT2D eigenvalue weighted by atomic mass is 32.2. The molecule has 0 spiro atoms. The molecule has 1 aliphatic rings. The van der Waals surface area contributed by atoms with E-state index >= 15 is 0 Å². The van der Waals surface area contributed by atoms with Crippen LogP contribution in [0.25, 0.3) is 0 Å². The number of imide groups is 1. The summed E-state index contributed by atoms with van der Waals surface area (Å²) in [6, 6.07) is 12.1. The molecule has 3 amide bonds. The number of carbonyl (C=O) groups excluding carboxylic acids is 2. The molecule has 0 bridgehead atoms. The number of sulfonamides is 1. The number of ether oxygens (including phenoxy) is 3. The maximum atomic E-state index is 12.4. The van der Waals surface area contributed by atoms with Gasteiger partial charge in [-0.15, -0.1) is 0 Å². The number of hydrogen-bond acceptors (Lipinski definition) is 7. The maximum absolute atomic E-state index is 12.4. The lowest BCUT2D eigenvalue weighted by atomic mass is 10.2. The minimum absolute atomic E-state index is 0.101. The summed E-state index contributed by atoms with van der Waals surface area (Å²) >= 11 is 0. The molecule has 0 saturated heterocycles. The minimum atomic E-state index is -3.98. The summed E-state index contributed by atoms with van der Waals surface area (Å²) < 4.78 is 40.7. The number of fused-ring (bicyclic) bond motifs is 1. The van der Waals surface area contributed by atoms with Crippen molar-refractivity contribution in [3.8, 4) is 11.5 Å². The molecule has 2 aromatic rings. The lowest BCUT2D eigenvalue weighted by Crippen LogP contribution is -2.46. The highest BCUT2D eigenvalue weighted by Gasteiger charge is 2.28. The molecule has 1 heterocycles. The maximum Gasteiger partial charge on any atom is 0.415 e. The standard InChI is InChI=1S/C19H20N2O7S/c1-13-7-9-14(10-8-13)21(29(2,24)25)18(22)20-19(23)27-12-15-11-26-16-5-3-4-6-17(16)28-15/h3-10,15H,11-12H2,1-2H3,(H,20,22,23)/t15-/m1/s1. The molecule has 0 unspecified atom stereocenters. The molecule has 0 fully saturated rings. The predicted octanol–water partition coefficient (Wildman–Crippen LogP) is 2.45.